The minimum atomic E-state index is -3.78. The largest absolute Gasteiger partial charge is 0.395 e. The first-order valence-corrected chi connectivity index (χ1v) is 14.0. The number of nitrogens with zero attached hydrogens (tertiary/aromatic N) is 3. The van der Waals surface area contributed by atoms with Crippen molar-refractivity contribution in [2.24, 2.45) is 0 Å². The molecule has 2 heterocycles. The normalized spacial score (nSPS) is 11.8. The van der Waals surface area contributed by atoms with Crippen LogP contribution in [0.5, 0.6) is 0 Å². The zero-order valence-corrected chi connectivity index (χ0v) is 24.4. The second-order valence-electron chi connectivity index (χ2n) is 10.5. The monoisotopic (exact) mass is 580 g/mol. The topological polar surface area (TPSA) is 117 Å². The molecule has 4 aromatic rings. The SMILES string of the molecule is CCN(CCN(C)CCO)C(=O)C(F)(F)c1cc(C)c2nc(-c3c(NCCc4cccc(C)c4)cc[nH]c3=O)[nH]c2c1. The number of halogens is 2. The van der Waals surface area contributed by atoms with Crippen molar-refractivity contribution in [1.82, 2.24) is 24.8 Å². The number of aryl methyl sites for hydroxylation is 2. The van der Waals surface area contributed by atoms with Gasteiger partial charge in [-0.3, -0.25) is 9.59 Å². The quantitative estimate of drug-likeness (QED) is 0.190. The molecule has 9 nitrogen and oxygen atoms in total. The van der Waals surface area contributed by atoms with Gasteiger partial charge in [0.05, 0.1) is 23.3 Å². The van der Waals surface area contributed by atoms with Crippen LogP contribution in [0.3, 0.4) is 0 Å². The van der Waals surface area contributed by atoms with Gasteiger partial charge in [0.1, 0.15) is 11.4 Å². The van der Waals surface area contributed by atoms with Crippen molar-refractivity contribution in [2.75, 3.05) is 51.7 Å². The van der Waals surface area contributed by atoms with Crippen molar-refractivity contribution in [1.29, 1.82) is 0 Å². The molecule has 0 aliphatic heterocycles. The van der Waals surface area contributed by atoms with E-state index in [-0.39, 0.29) is 36.6 Å². The van der Waals surface area contributed by atoms with Gasteiger partial charge in [-0.05, 0) is 63.6 Å². The molecular formula is C31H38F2N6O3. The number of carbonyl (C=O) groups is 1. The van der Waals surface area contributed by atoms with Crippen molar-refractivity contribution in [3.63, 3.8) is 0 Å². The van der Waals surface area contributed by atoms with E-state index in [1.807, 2.05) is 25.1 Å². The number of alkyl halides is 2. The molecular weight excluding hydrogens is 542 g/mol. The number of aliphatic hydroxyl groups excluding tert-OH is 1. The lowest BCUT2D eigenvalue weighted by atomic mass is 10.0. The standard InChI is InChI=1S/C31H38F2N6O3/c1-5-39(14-13-38(4)15-16-40)30(42)31(32,33)23-18-21(3)27-25(19-23)36-28(37-27)26-24(10-12-35-29(26)41)34-11-9-22-8-6-7-20(2)17-22/h6-8,10,12,17-19,40H,5,9,11,13-16H2,1-4H3,(H,36,37)(H2,34,35,41). The van der Waals surface area contributed by atoms with Gasteiger partial charge in [-0.1, -0.05) is 29.8 Å². The maximum atomic E-state index is 15.6. The Bertz CT molecular complexity index is 1600. The number of nitrogens with one attached hydrogen (secondary N) is 3. The van der Waals surface area contributed by atoms with Gasteiger partial charge in [-0.15, -0.1) is 0 Å². The van der Waals surface area contributed by atoms with E-state index in [0.29, 0.717) is 41.9 Å². The van der Waals surface area contributed by atoms with E-state index in [1.165, 1.54) is 17.7 Å². The Labute approximate surface area is 243 Å². The van der Waals surface area contributed by atoms with E-state index in [1.54, 1.807) is 38.1 Å². The minimum absolute atomic E-state index is 0.0575. The summed E-state index contributed by atoms with van der Waals surface area (Å²) in [5.74, 6) is -4.83. The number of aromatic amines is 2. The molecule has 0 saturated heterocycles. The number of rotatable bonds is 13. The first kappa shape index (κ1) is 30.9. The number of hydrogen-bond acceptors (Lipinski definition) is 6. The Kier molecular flexibility index (Phi) is 9.74. The summed E-state index contributed by atoms with van der Waals surface area (Å²) in [6.07, 6.45) is 2.28. The van der Waals surface area contributed by atoms with Gasteiger partial charge in [-0.2, -0.15) is 8.78 Å². The Hall–Kier alpha value is -4.09. The molecule has 0 atom stereocenters. The Morgan fingerprint density at radius 1 is 1.12 bits per heavy atom. The average molecular weight is 581 g/mol. The predicted octanol–water partition coefficient (Wildman–Crippen LogP) is 4.05. The van der Waals surface area contributed by atoms with Crippen LogP contribution in [0.25, 0.3) is 22.4 Å². The highest BCUT2D eigenvalue weighted by Gasteiger charge is 2.44. The molecule has 0 aliphatic rings. The average Bonchev–Trinajstić information content (AvgIpc) is 3.38. The molecule has 0 bridgehead atoms. The molecule has 0 unspecified atom stereocenters. The third kappa shape index (κ3) is 6.85. The van der Waals surface area contributed by atoms with Crippen LogP contribution in [-0.4, -0.2) is 82.1 Å². The van der Waals surface area contributed by atoms with Crippen LogP contribution in [-0.2, 0) is 17.1 Å². The van der Waals surface area contributed by atoms with E-state index in [2.05, 4.69) is 26.3 Å². The zero-order chi connectivity index (χ0) is 30.4. The van der Waals surface area contributed by atoms with Crippen molar-refractivity contribution >= 4 is 22.6 Å². The number of imidazole rings is 1. The van der Waals surface area contributed by atoms with Crippen LogP contribution >= 0.6 is 0 Å². The maximum Gasteiger partial charge on any atom is 0.350 e. The van der Waals surface area contributed by atoms with Gasteiger partial charge in [0.15, 0.2) is 0 Å². The zero-order valence-electron chi connectivity index (χ0n) is 24.4. The fourth-order valence-electron chi connectivity index (χ4n) is 4.96. The lowest BCUT2D eigenvalue weighted by Gasteiger charge is -2.28. The van der Waals surface area contributed by atoms with Gasteiger partial charge < -0.3 is 30.2 Å². The van der Waals surface area contributed by atoms with Crippen LogP contribution in [0.15, 0.2) is 53.5 Å². The minimum Gasteiger partial charge on any atom is -0.395 e. The molecule has 0 radical (unpaired) electrons. The summed E-state index contributed by atoms with van der Waals surface area (Å²) in [7, 11) is 1.75. The van der Waals surface area contributed by atoms with Crippen LogP contribution in [0.4, 0.5) is 14.5 Å². The van der Waals surface area contributed by atoms with E-state index in [4.69, 9.17) is 5.11 Å². The van der Waals surface area contributed by atoms with E-state index in [9.17, 15) is 9.59 Å². The second-order valence-corrected chi connectivity index (χ2v) is 10.5. The lowest BCUT2D eigenvalue weighted by molar-refractivity contribution is -0.159. The van der Waals surface area contributed by atoms with Crippen LogP contribution in [0, 0.1) is 13.8 Å². The summed E-state index contributed by atoms with van der Waals surface area (Å²) < 4.78 is 31.2. The number of H-pyrrole nitrogens is 2. The Morgan fingerprint density at radius 3 is 2.62 bits per heavy atom. The summed E-state index contributed by atoms with van der Waals surface area (Å²) >= 11 is 0. The Balaban J connectivity index is 1.60. The van der Waals surface area contributed by atoms with Crippen molar-refractivity contribution in [3.05, 3.63) is 81.3 Å². The van der Waals surface area contributed by atoms with Gasteiger partial charge >= 0.3 is 5.92 Å². The lowest BCUT2D eigenvalue weighted by Crippen LogP contribution is -2.45. The first-order chi connectivity index (χ1) is 20.0. The molecule has 0 aliphatic carbocycles. The summed E-state index contributed by atoms with van der Waals surface area (Å²) in [6, 6.07) is 12.4. The third-order valence-corrected chi connectivity index (χ3v) is 7.32. The van der Waals surface area contributed by atoms with E-state index in [0.717, 1.165) is 16.9 Å². The summed E-state index contributed by atoms with van der Waals surface area (Å²) in [5.41, 5.74) is 3.52. The molecule has 0 fully saturated rings. The number of aromatic nitrogens is 3. The molecule has 2 aromatic heterocycles. The molecule has 2 aromatic carbocycles. The second kappa shape index (κ2) is 13.3. The highest BCUT2D eigenvalue weighted by atomic mass is 19.3. The Morgan fingerprint density at radius 2 is 1.90 bits per heavy atom. The molecule has 4 rings (SSSR count). The van der Waals surface area contributed by atoms with Gasteiger partial charge in [0.2, 0.25) is 0 Å². The number of fused-ring (bicyclic) bond motifs is 1. The van der Waals surface area contributed by atoms with Gasteiger partial charge in [0.25, 0.3) is 11.5 Å². The highest BCUT2D eigenvalue weighted by molar-refractivity contribution is 5.89. The van der Waals surface area contributed by atoms with Gasteiger partial charge in [-0.25, -0.2) is 4.98 Å². The number of pyridine rings is 1. The number of anilines is 1. The smallest absolute Gasteiger partial charge is 0.350 e. The maximum absolute atomic E-state index is 15.6. The molecule has 224 valence electrons. The fraction of sp³-hybridized carbons (Fsp3) is 0.387. The number of hydrogen-bond donors (Lipinski definition) is 4. The number of carbonyl (C=O) groups excluding carboxylic acids is 1. The first-order valence-electron chi connectivity index (χ1n) is 14.0. The summed E-state index contributed by atoms with van der Waals surface area (Å²) in [6.45, 7) is 6.81. The number of benzene rings is 2. The molecule has 11 heteroatoms. The van der Waals surface area contributed by atoms with Crippen LogP contribution in [0.1, 0.15) is 29.2 Å². The molecule has 1 amide bonds. The van der Waals surface area contributed by atoms with Crippen molar-refractivity contribution < 1.29 is 18.7 Å². The molecule has 0 spiro atoms. The fourth-order valence-corrected chi connectivity index (χ4v) is 4.96. The molecule has 42 heavy (non-hydrogen) atoms. The number of amides is 1. The highest BCUT2D eigenvalue weighted by Crippen LogP contribution is 2.34. The number of aliphatic hydroxyl groups is 1. The van der Waals surface area contributed by atoms with E-state index >= 15 is 8.78 Å². The van der Waals surface area contributed by atoms with Crippen molar-refractivity contribution in [2.45, 2.75) is 33.1 Å². The number of likely N-dealkylation sites (N-methyl/N-ethyl adjacent to an activating group) is 2. The third-order valence-electron chi connectivity index (χ3n) is 7.32. The van der Waals surface area contributed by atoms with E-state index < -0.39 is 17.4 Å². The predicted molar refractivity (Wildman–Crippen MR) is 161 cm³/mol. The van der Waals surface area contributed by atoms with Crippen LogP contribution in [0.2, 0.25) is 0 Å². The van der Waals surface area contributed by atoms with Gasteiger partial charge in [0, 0.05) is 44.5 Å². The van der Waals surface area contributed by atoms with Crippen LogP contribution < -0.4 is 10.9 Å². The molecule has 0 saturated carbocycles. The summed E-state index contributed by atoms with van der Waals surface area (Å²) in [5, 5.41) is 12.4. The van der Waals surface area contributed by atoms with Crippen molar-refractivity contribution in [3.8, 4) is 11.4 Å². The summed E-state index contributed by atoms with van der Waals surface area (Å²) in [4.78, 5) is 39.1. The molecule has 4 N–H and O–H groups in total.